The molecular weight excluding hydrogens is 797 g/mol. The summed E-state index contributed by atoms with van der Waals surface area (Å²) in [5.41, 5.74) is 13.0. The molecule has 0 N–H and O–H groups in total. The number of benzene rings is 11. The fourth-order valence-corrected chi connectivity index (χ4v) is 13.7. The van der Waals surface area contributed by atoms with Gasteiger partial charge in [-0.2, -0.15) is 0 Å². The quantitative estimate of drug-likeness (QED) is 0.156. The first-order valence-electron chi connectivity index (χ1n) is 21.9. The summed E-state index contributed by atoms with van der Waals surface area (Å²) in [6.45, 7) is 4.83. The van der Waals surface area contributed by atoms with Gasteiger partial charge in [-0.15, -0.1) is 22.7 Å². The van der Waals surface area contributed by atoms with Gasteiger partial charge in [0.25, 0.3) is 0 Å². The van der Waals surface area contributed by atoms with E-state index in [0.29, 0.717) is 0 Å². The molecule has 0 radical (unpaired) electrons. The summed E-state index contributed by atoms with van der Waals surface area (Å²) < 4.78 is 5.42. The summed E-state index contributed by atoms with van der Waals surface area (Å²) in [6.07, 6.45) is 0. The third-order valence-corrected chi connectivity index (χ3v) is 16.6. The number of thiophene rings is 2. The van der Waals surface area contributed by atoms with Crippen LogP contribution >= 0.6 is 22.7 Å². The molecule has 0 amide bonds. The van der Waals surface area contributed by atoms with E-state index in [-0.39, 0.29) is 5.41 Å². The van der Waals surface area contributed by atoms with E-state index in [1.807, 2.05) is 22.7 Å². The smallest absolute Gasteiger partial charge is 0.0434 e. The minimum absolute atomic E-state index is 0.177. The summed E-state index contributed by atoms with van der Waals surface area (Å²) in [4.78, 5) is 0. The Bertz CT molecular complexity index is 4060. The Balaban J connectivity index is 0.881. The molecule has 0 saturated carbocycles. The molecule has 0 atom stereocenters. The van der Waals surface area contributed by atoms with Crippen LogP contribution in [-0.2, 0) is 5.41 Å². The van der Waals surface area contributed by atoms with Gasteiger partial charge in [-0.05, 0) is 124 Å². The topological polar surface area (TPSA) is 0 Å². The largest absolute Gasteiger partial charge is 0.135 e. The Morgan fingerprint density at radius 2 is 0.857 bits per heavy atom. The number of rotatable bonds is 3. The minimum Gasteiger partial charge on any atom is -0.135 e. The highest BCUT2D eigenvalue weighted by Gasteiger charge is 2.36. The molecule has 2 aromatic heterocycles. The van der Waals surface area contributed by atoms with Gasteiger partial charge in [0.1, 0.15) is 0 Å². The molecule has 0 fully saturated rings. The molecule has 0 nitrogen and oxygen atoms in total. The predicted octanol–water partition coefficient (Wildman–Crippen LogP) is 18.3. The van der Waals surface area contributed by atoms with Crippen molar-refractivity contribution in [3.63, 3.8) is 0 Å². The summed E-state index contributed by atoms with van der Waals surface area (Å²) in [6, 6.07) is 73.4. The first-order chi connectivity index (χ1) is 31.0. The van der Waals surface area contributed by atoms with Crippen LogP contribution in [0.3, 0.4) is 0 Å². The molecule has 0 spiro atoms. The van der Waals surface area contributed by atoms with E-state index in [4.69, 9.17) is 0 Å². The Kier molecular flexibility index (Phi) is 7.31. The van der Waals surface area contributed by atoms with E-state index in [1.54, 1.807) is 0 Å². The average Bonchev–Trinajstić information content (AvgIpc) is 3.97. The number of hydrogen-bond acceptors (Lipinski definition) is 2. The van der Waals surface area contributed by atoms with E-state index >= 15 is 0 Å². The summed E-state index contributed by atoms with van der Waals surface area (Å²) >= 11 is 3.83. The first kappa shape index (κ1) is 35.5. The third kappa shape index (κ3) is 4.97. The van der Waals surface area contributed by atoms with Gasteiger partial charge in [0, 0.05) is 51.1 Å². The van der Waals surface area contributed by atoms with Crippen LogP contribution in [0.2, 0.25) is 0 Å². The van der Waals surface area contributed by atoms with Crippen molar-refractivity contribution >= 4 is 106 Å². The van der Waals surface area contributed by atoms with Crippen molar-refractivity contribution in [2.75, 3.05) is 0 Å². The van der Waals surface area contributed by atoms with E-state index in [1.165, 1.54) is 139 Å². The van der Waals surface area contributed by atoms with Crippen LogP contribution < -0.4 is 0 Å². The van der Waals surface area contributed by atoms with Gasteiger partial charge in [0.05, 0.1) is 0 Å². The molecule has 1 aliphatic carbocycles. The minimum atomic E-state index is -0.177. The van der Waals surface area contributed by atoms with Gasteiger partial charge in [-0.1, -0.05) is 178 Å². The zero-order valence-corrected chi connectivity index (χ0v) is 36.4. The van der Waals surface area contributed by atoms with Gasteiger partial charge in [0.15, 0.2) is 0 Å². The first-order valence-corrected chi connectivity index (χ1v) is 23.5. The molecule has 0 saturated heterocycles. The van der Waals surface area contributed by atoms with Crippen LogP contribution in [0.1, 0.15) is 25.0 Å². The summed E-state index contributed by atoms with van der Waals surface area (Å²) in [5, 5.41) is 15.8. The van der Waals surface area contributed by atoms with E-state index in [2.05, 4.69) is 208 Å². The van der Waals surface area contributed by atoms with Crippen molar-refractivity contribution in [3.05, 3.63) is 205 Å². The van der Waals surface area contributed by atoms with E-state index in [9.17, 15) is 0 Å². The van der Waals surface area contributed by atoms with Crippen molar-refractivity contribution in [3.8, 4) is 44.5 Å². The lowest BCUT2D eigenvalue weighted by molar-refractivity contribution is 0.661. The Morgan fingerprint density at radius 1 is 0.317 bits per heavy atom. The molecule has 63 heavy (non-hydrogen) atoms. The average molecular weight is 835 g/mol. The van der Waals surface area contributed by atoms with E-state index in [0.717, 1.165) is 0 Å². The molecule has 1 aliphatic rings. The number of hydrogen-bond donors (Lipinski definition) is 0. The molecule has 294 valence electrons. The fourth-order valence-electron chi connectivity index (χ4n) is 11.3. The molecular formula is C61H38S2. The Labute approximate surface area is 372 Å². The van der Waals surface area contributed by atoms with Gasteiger partial charge in [-0.3, -0.25) is 0 Å². The third-order valence-electron chi connectivity index (χ3n) is 14.3. The molecule has 2 heteroatoms. The lowest BCUT2D eigenvalue weighted by Gasteiger charge is -2.23. The molecule has 0 unspecified atom stereocenters. The van der Waals surface area contributed by atoms with Crippen molar-refractivity contribution in [1.82, 2.24) is 0 Å². The second kappa shape index (κ2) is 13.0. The maximum atomic E-state index is 2.50. The summed E-state index contributed by atoms with van der Waals surface area (Å²) in [5.74, 6) is 0. The SMILES string of the molecule is CC1(C)c2cc(-c3ccc4c(c3)sc3ccc5c(ccc6c7ccccc7sc65)c34)ccc2-c2ccc(-c3c4ccccc4c(-c4cccc5ccccc45)c4ccccc34)cc21. The van der Waals surface area contributed by atoms with Crippen LogP contribution in [0.5, 0.6) is 0 Å². The highest BCUT2D eigenvalue weighted by Crippen LogP contribution is 2.53. The highest BCUT2D eigenvalue weighted by atomic mass is 32.1. The molecule has 0 aliphatic heterocycles. The monoisotopic (exact) mass is 834 g/mol. The zero-order chi connectivity index (χ0) is 41.6. The van der Waals surface area contributed by atoms with Crippen molar-refractivity contribution < 1.29 is 0 Å². The van der Waals surface area contributed by atoms with E-state index < -0.39 is 0 Å². The summed E-state index contributed by atoms with van der Waals surface area (Å²) in [7, 11) is 0. The molecule has 0 bridgehead atoms. The lowest BCUT2D eigenvalue weighted by Crippen LogP contribution is -2.15. The maximum absolute atomic E-state index is 2.50. The van der Waals surface area contributed by atoms with Gasteiger partial charge in [-0.25, -0.2) is 0 Å². The van der Waals surface area contributed by atoms with Gasteiger partial charge >= 0.3 is 0 Å². The maximum Gasteiger partial charge on any atom is 0.0434 e. The van der Waals surface area contributed by atoms with Crippen LogP contribution in [0.25, 0.3) is 128 Å². The van der Waals surface area contributed by atoms with Crippen molar-refractivity contribution in [2.24, 2.45) is 0 Å². The fraction of sp³-hybridized carbons (Fsp3) is 0.0492. The normalized spacial score (nSPS) is 13.4. The molecule has 2 heterocycles. The number of fused-ring (bicyclic) bond motifs is 15. The van der Waals surface area contributed by atoms with Crippen LogP contribution in [0, 0.1) is 0 Å². The van der Waals surface area contributed by atoms with Crippen LogP contribution in [-0.4, -0.2) is 0 Å². The predicted molar refractivity (Wildman–Crippen MR) is 276 cm³/mol. The van der Waals surface area contributed by atoms with Crippen molar-refractivity contribution in [1.29, 1.82) is 0 Å². The highest BCUT2D eigenvalue weighted by molar-refractivity contribution is 7.27. The van der Waals surface area contributed by atoms with Crippen LogP contribution in [0.4, 0.5) is 0 Å². The Hall–Kier alpha value is -7.10. The van der Waals surface area contributed by atoms with Crippen LogP contribution in [0.15, 0.2) is 194 Å². The second-order valence-electron chi connectivity index (χ2n) is 17.9. The zero-order valence-electron chi connectivity index (χ0n) is 34.8. The molecule has 14 rings (SSSR count). The Morgan fingerprint density at radius 3 is 1.62 bits per heavy atom. The lowest BCUT2D eigenvalue weighted by atomic mass is 9.80. The van der Waals surface area contributed by atoms with Gasteiger partial charge < -0.3 is 0 Å². The molecule has 11 aromatic carbocycles. The van der Waals surface area contributed by atoms with Gasteiger partial charge in [0.2, 0.25) is 0 Å². The van der Waals surface area contributed by atoms with Crippen molar-refractivity contribution in [2.45, 2.75) is 19.3 Å². The molecule has 13 aromatic rings. The standard InChI is InChI=1S/C61H38S2/c1-61(2)52-32-36(37-23-27-51-56(34-37)62-55-31-30-50-48(59(51)55)28-29-49-42-15-9-10-21-54(42)63-60(49)50)22-25-40(52)41-26-24-38(33-53(41)61)57-44-16-5-7-18-46(44)58(47-19-8-6-17-45(47)57)43-20-11-13-35-12-3-4-14-39(35)43/h3-34H,1-2H3. The second-order valence-corrected chi connectivity index (χ2v) is 20.0.